The van der Waals surface area contributed by atoms with E-state index in [0.29, 0.717) is 4.88 Å². The zero-order valence-corrected chi connectivity index (χ0v) is 6.67. The predicted molar refractivity (Wildman–Crippen MR) is 39.5 cm³/mol. The van der Waals surface area contributed by atoms with Crippen LogP contribution < -0.4 is 0 Å². The summed E-state index contributed by atoms with van der Waals surface area (Å²) in [4.78, 5) is 14.8. The molecule has 5 heteroatoms. The fourth-order valence-corrected chi connectivity index (χ4v) is 1.38. The molecule has 1 heterocycles. The molecule has 1 rings (SSSR count). The van der Waals surface area contributed by atoms with E-state index in [-0.39, 0.29) is 0 Å². The third-order valence-corrected chi connectivity index (χ3v) is 1.99. The van der Waals surface area contributed by atoms with Gasteiger partial charge in [-0.05, 0) is 0 Å². The predicted octanol–water partition coefficient (Wildman–Crippen LogP) is 0.915. The lowest BCUT2D eigenvalue weighted by Crippen LogP contribution is -2.11. The topological polar surface area (TPSA) is 59.4 Å². The van der Waals surface area contributed by atoms with E-state index < -0.39 is 12.1 Å². The molecule has 0 aliphatic carbocycles. The Balaban J connectivity index is 2.79. The fraction of sp³-hybridized carbons (Fsp3) is 0.333. The molecule has 1 atom stereocenters. The highest BCUT2D eigenvalue weighted by atomic mass is 32.1. The van der Waals surface area contributed by atoms with Crippen molar-refractivity contribution in [3.05, 3.63) is 16.6 Å². The molecule has 0 saturated heterocycles. The molecule has 11 heavy (non-hydrogen) atoms. The Labute approximate surface area is 67.5 Å². The van der Waals surface area contributed by atoms with Gasteiger partial charge in [-0.15, -0.1) is 11.3 Å². The van der Waals surface area contributed by atoms with E-state index in [1.54, 1.807) is 5.51 Å². The van der Waals surface area contributed by atoms with Gasteiger partial charge in [0.1, 0.15) is 0 Å². The van der Waals surface area contributed by atoms with Crippen molar-refractivity contribution >= 4 is 17.3 Å². The highest BCUT2D eigenvalue weighted by Crippen LogP contribution is 2.19. The molecule has 0 amide bonds. The van der Waals surface area contributed by atoms with Crippen LogP contribution in [0.25, 0.3) is 0 Å². The molecule has 0 aliphatic heterocycles. The van der Waals surface area contributed by atoms with Gasteiger partial charge in [-0.2, -0.15) is 0 Å². The molecule has 0 spiro atoms. The van der Waals surface area contributed by atoms with Crippen LogP contribution in [0.4, 0.5) is 0 Å². The maximum absolute atomic E-state index is 10.5. The van der Waals surface area contributed by atoms with Crippen molar-refractivity contribution in [2.45, 2.75) is 6.10 Å². The van der Waals surface area contributed by atoms with Crippen LogP contribution in [0.2, 0.25) is 0 Å². The van der Waals surface area contributed by atoms with Crippen LogP contribution in [0.15, 0.2) is 11.7 Å². The molecule has 0 saturated carbocycles. The highest BCUT2D eigenvalue weighted by molar-refractivity contribution is 7.09. The molecule has 0 radical (unpaired) electrons. The second-order valence-corrected chi connectivity index (χ2v) is 2.78. The summed E-state index contributed by atoms with van der Waals surface area (Å²) in [5, 5.41) is 8.60. The Morgan fingerprint density at radius 2 is 2.64 bits per heavy atom. The summed E-state index contributed by atoms with van der Waals surface area (Å²) in [5.74, 6) is -0.989. The minimum atomic E-state index is -0.989. The first-order valence-electron chi connectivity index (χ1n) is 2.89. The summed E-state index contributed by atoms with van der Waals surface area (Å²) >= 11 is 1.27. The number of carboxylic acid groups (broad SMARTS) is 1. The second kappa shape index (κ2) is 3.45. The standard InChI is InChI=1S/C6H7NO3S/c1-10-5(6(8)9)4-2-7-3-11-4/h2-3,5H,1H3,(H,8,9)/t5-/m0/s1. The number of hydrogen-bond acceptors (Lipinski definition) is 4. The molecule has 4 nitrogen and oxygen atoms in total. The van der Waals surface area contributed by atoms with E-state index in [1.165, 1.54) is 24.6 Å². The van der Waals surface area contributed by atoms with E-state index in [0.717, 1.165) is 0 Å². The quantitative estimate of drug-likeness (QED) is 0.738. The number of aromatic nitrogens is 1. The van der Waals surface area contributed by atoms with Crippen LogP contribution in [-0.2, 0) is 9.53 Å². The SMILES string of the molecule is CO[C@H](C(=O)O)c1cncs1. The minimum Gasteiger partial charge on any atom is -0.479 e. The Bertz CT molecular complexity index is 234. The second-order valence-electron chi connectivity index (χ2n) is 1.86. The maximum atomic E-state index is 10.5. The number of carbonyl (C=O) groups is 1. The van der Waals surface area contributed by atoms with Crippen molar-refractivity contribution in [2.24, 2.45) is 0 Å². The summed E-state index contributed by atoms with van der Waals surface area (Å²) in [5.41, 5.74) is 1.57. The van der Waals surface area contributed by atoms with Crippen molar-refractivity contribution in [2.75, 3.05) is 7.11 Å². The average molecular weight is 173 g/mol. The average Bonchev–Trinajstić information content (AvgIpc) is 2.40. The summed E-state index contributed by atoms with van der Waals surface area (Å²) in [7, 11) is 1.36. The molecule has 60 valence electrons. The zero-order valence-electron chi connectivity index (χ0n) is 5.85. The lowest BCUT2D eigenvalue weighted by atomic mass is 10.3. The zero-order chi connectivity index (χ0) is 8.27. The molecule has 0 bridgehead atoms. The number of hydrogen-bond donors (Lipinski definition) is 1. The van der Waals surface area contributed by atoms with Gasteiger partial charge in [-0.25, -0.2) is 4.79 Å². The normalized spacial score (nSPS) is 12.8. The van der Waals surface area contributed by atoms with Gasteiger partial charge in [0, 0.05) is 13.3 Å². The third kappa shape index (κ3) is 1.75. The van der Waals surface area contributed by atoms with E-state index in [9.17, 15) is 4.79 Å². The number of nitrogens with zero attached hydrogens (tertiary/aromatic N) is 1. The Morgan fingerprint density at radius 3 is 3.00 bits per heavy atom. The van der Waals surface area contributed by atoms with E-state index in [4.69, 9.17) is 9.84 Å². The van der Waals surface area contributed by atoms with Crippen LogP contribution in [0, 0.1) is 0 Å². The third-order valence-electron chi connectivity index (χ3n) is 1.17. The molecule has 0 fully saturated rings. The lowest BCUT2D eigenvalue weighted by molar-refractivity contribution is -0.148. The van der Waals surface area contributed by atoms with Gasteiger partial charge in [0.15, 0.2) is 6.10 Å². The molecule has 1 aromatic rings. The molecule has 0 aromatic carbocycles. The minimum absolute atomic E-state index is 0.611. The van der Waals surface area contributed by atoms with Gasteiger partial charge in [0.05, 0.1) is 10.4 Å². The van der Waals surface area contributed by atoms with Gasteiger partial charge >= 0.3 is 5.97 Å². The number of carboxylic acids is 1. The summed E-state index contributed by atoms with van der Waals surface area (Å²) in [6, 6.07) is 0. The number of rotatable bonds is 3. The fourth-order valence-electron chi connectivity index (χ4n) is 0.694. The number of methoxy groups -OCH3 is 1. The van der Waals surface area contributed by atoms with Crippen LogP contribution >= 0.6 is 11.3 Å². The van der Waals surface area contributed by atoms with Crippen LogP contribution in [0.5, 0.6) is 0 Å². The highest BCUT2D eigenvalue weighted by Gasteiger charge is 2.19. The summed E-state index contributed by atoms with van der Waals surface area (Å²) in [6.07, 6.45) is 0.620. The molecule has 1 N–H and O–H groups in total. The molecular formula is C6H7NO3S. The maximum Gasteiger partial charge on any atom is 0.338 e. The van der Waals surface area contributed by atoms with Crippen LogP contribution in [-0.4, -0.2) is 23.2 Å². The van der Waals surface area contributed by atoms with Crippen molar-refractivity contribution in [3.63, 3.8) is 0 Å². The summed E-state index contributed by atoms with van der Waals surface area (Å²) < 4.78 is 4.73. The van der Waals surface area contributed by atoms with Gasteiger partial charge in [-0.3, -0.25) is 4.98 Å². The number of thiazole rings is 1. The summed E-state index contributed by atoms with van der Waals surface area (Å²) in [6.45, 7) is 0. The van der Waals surface area contributed by atoms with Gasteiger partial charge in [0.25, 0.3) is 0 Å². The first-order valence-corrected chi connectivity index (χ1v) is 3.77. The van der Waals surface area contributed by atoms with Crippen LogP contribution in [0.1, 0.15) is 11.0 Å². The lowest BCUT2D eigenvalue weighted by Gasteiger charge is -2.05. The first-order chi connectivity index (χ1) is 5.25. The van der Waals surface area contributed by atoms with Crippen molar-refractivity contribution in [1.29, 1.82) is 0 Å². The first kappa shape index (κ1) is 8.16. The van der Waals surface area contributed by atoms with Crippen molar-refractivity contribution in [1.82, 2.24) is 4.98 Å². The van der Waals surface area contributed by atoms with Gasteiger partial charge in [0.2, 0.25) is 0 Å². The van der Waals surface area contributed by atoms with E-state index in [1.807, 2.05) is 0 Å². The largest absolute Gasteiger partial charge is 0.479 e. The van der Waals surface area contributed by atoms with Crippen LogP contribution in [0.3, 0.4) is 0 Å². The van der Waals surface area contributed by atoms with E-state index in [2.05, 4.69) is 4.98 Å². The Hall–Kier alpha value is -0.940. The number of ether oxygens (including phenoxy) is 1. The molecule has 0 aliphatic rings. The van der Waals surface area contributed by atoms with Crippen molar-refractivity contribution in [3.8, 4) is 0 Å². The van der Waals surface area contributed by atoms with Crippen molar-refractivity contribution < 1.29 is 14.6 Å². The van der Waals surface area contributed by atoms with E-state index >= 15 is 0 Å². The van der Waals surface area contributed by atoms with Gasteiger partial charge < -0.3 is 9.84 Å². The smallest absolute Gasteiger partial charge is 0.338 e. The molecule has 0 unspecified atom stereocenters. The van der Waals surface area contributed by atoms with Gasteiger partial charge in [-0.1, -0.05) is 0 Å². The Morgan fingerprint density at radius 1 is 1.91 bits per heavy atom. The monoisotopic (exact) mass is 173 g/mol. The molecule has 1 aromatic heterocycles. The number of aliphatic carboxylic acids is 1. The Kier molecular flexibility index (Phi) is 2.56. The molecular weight excluding hydrogens is 166 g/mol.